The molecule has 15 rings (SSSR count). The number of hydrogen-bond acceptors (Lipinski definition) is 1. The molecule has 12 aromatic carbocycles. The molecule has 0 saturated heterocycles. The summed E-state index contributed by atoms with van der Waals surface area (Å²) in [6, 6.07) is 107. The molecule has 0 amide bonds. The van der Waals surface area contributed by atoms with Crippen LogP contribution in [0.3, 0.4) is 0 Å². The fourth-order valence-electron chi connectivity index (χ4n) is 14.2. The first-order valence-corrected chi connectivity index (χ1v) is 28.3. The summed E-state index contributed by atoms with van der Waals surface area (Å²) in [5.74, 6) is 0.530. The van der Waals surface area contributed by atoms with Crippen LogP contribution >= 0.6 is 0 Å². The van der Waals surface area contributed by atoms with Gasteiger partial charge in [-0.25, -0.2) is 0 Å². The highest BCUT2D eigenvalue weighted by Crippen LogP contribution is 2.60. The molecule has 2 heteroatoms. The lowest BCUT2D eigenvalue weighted by Gasteiger charge is -2.34. The Kier molecular flexibility index (Phi) is 11.5. The van der Waals surface area contributed by atoms with Gasteiger partial charge in [0.15, 0.2) is 0 Å². The second kappa shape index (κ2) is 19.5. The summed E-state index contributed by atoms with van der Waals surface area (Å²) in [6.07, 6.45) is 6.34. The second-order valence-electron chi connectivity index (χ2n) is 21.6. The Hall–Kier alpha value is -9.50. The van der Waals surface area contributed by atoms with Gasteiger partial charge in [0, 0.05) is 38.7 Å². The number of rotatable bonds is 10. The predicted molar refractivity (Wildman–Crippen MR) is 332 cm³/mol. The van der Waals surface area contributed by atoms with E-state index in [0.29, 0.717) is 5.92 Å². The SMILES string of the molecule is c1ccc(-n2c3ccccc3c3cccc(-c4ccccc4N(c4ccccc4-c4cccc5c4-c4ccccc4C5(c4ccccc4)c4ccccc4)c4ccccc4-c4cccc5cccc(C6CCCCC6)c45)c32)cc1. The zero-order chi connectivity index (χ0) is 52.3. The molecule has 1 saturated carbocycles. The zero-order valence-electron chi connectivity index (χ0n) is 44.1. The fourth-order valence-corrected chi connectivity index (χ4v) is 14.2. The number of hydrogen-bond donors (Lipinski definition) is 0. The maximum absolute atomic E-state index is 2.61. The minimum atomic E-state index is -0.543. The van der Waals surface area contributed by atoms with E-state index in [4.69, 9.17) is 0 Å². The van der Waals surface area contributed by atoms with Crippen LogP contribution in [0.1, 0.15) is 65.8 Å². The molecule has 0 spiro atoms. The molecule has 1 aromatic heterocycles. The summed E-state index contributed by atoms with van der Waals surface area (Å²) in [6.45, 7) is 0. The normalized spacial score (nSPS) is 13.9. The molecular weight excluding hydrogens is 953 g/mol. The van der Waals surface area contributed by atoms with Gasteiger partial charge < -0.3 is 9.47 Å². The van der Waals surface area contributed by atoms with E-state index in [0.717, 1.165) is 33.9 Å². The number of nitrogens with zero attached hydrogens (tertiary/aromatic N) is 2. The van der Waals surface area contributed by atoms with Gasteiger partial charge in [-0.1, -0.05) is 268 Å². The van der Waals surface area contributed by atoms with E-state index in [1.165, 1.54) is 126 Å². The van der Waals surface area contributed by atoms with Crippen molar-refractivity contribution in [2.45, 2.75) is 43.4 Å². The Morgan fingerprint density at radius 2 is 0.810 bits per heavy atom. The van der Waals surface area contributed by atoms with Crippen molar-refractivity contribution in [2.75, 3.05) is 4.90 Å². The van der Waals surface area contributed by atoms with E-state index >= 15 is 0 Å². The van der Waals surface area contributed by atoms with Crippen molar-refractivity contribution in [2.24, 2.45) is 0 Å². The molecule has 0 bridgehead atoms. The molecule has 1 fully saturated rings. The van der Waals surface area contributed by atoms with E-state index in [1.807, 2.05) is 0 Å². The van der Waals surface area contributed by atoms with Gasteiger partial charge in [-0.2, -0.15) is 0 Å². The largest absolute Gasteiger partial charge is 0.309 e. The third-order valence-electron chi connectivity index (χ3n) is 17.5. The van der Waals surface area contributed by atoms with Crippen molar-refractivity contribution in [1.29, 1.82) is 0 Å². The highest BCUT2D eigenvalue weighted by Gasteiger charge is 2.47. The number of benzene rings is 12. The van der Waals surface area contributed by atoms with Gasteiger partial charge in [-0.05, 0) is 116 Å². The molecule has 376 valence electrons. The average Bonchev–Trinajstić information content (AvgIpc) is 4.27. The number of para-hydroxylation sites is 6. The number of anilines is 3. The summed E-state index contributed by atoms with van der Waals surface area (Å²) in [5, 5.41) is 5.13. The highest BCUT2D eigenvalue weighted by molar-refractivity contribution is 6.15. The third-order valence-corrected chi connectivity index (χ3v) is 17.5. The van der Waals surface area contributed by atoms with Crippen molar-refractivity contribution in [3.63, 3.8) is 0 Å². The van der Waals surface area contributed by atoms with Gasteiger partial charge in [-0.15, -0.1) is 0 Å². The molecule has 2 nitrogen and oxygen atoms in total. The van der Waals surface area contributed by atoms with Gasteiger partial charge in [0.1, 0.15) is 0 Å². The lowest BCUT2D eigenvalue weighted by atomic mass is 9.67. The Morgan fingerprint density at radius 3 is 1.49 bits per heavy atom. The van der Waals surface area contributed by atoms with E-state index in [2.05, 4.69) is 295 Å². The molecule has 79 heavy (non-hydrogen) atoms. The molecule has 1 heterocycles. The Morgan fingerprint density at radius 1 is 0.342 bits per heavy atom. The molecule has 2 aliphatic carbocycles. The number of fused-ring (bicyclic) bond motifs is 7. The number of aromatic nitrogens is 1. The van der Waals surface area contributed by atoms with Crippen LogP contribution in [0.2, 0.25) is 0 Å². The van der Waals surface area contributed by atoms with Gasteiger partial charge in [-0.3, -0.25) is 0 Å². The fraction of sp³-hybridized carbons (Fsp3) is 0.0909. The Bertz CT molecular complexity index is 4360. The summed E-state index contributed by atoms with van der Waals surface area (Å²) in [7, 11) is 0. The smallest absolute Gasteiger partial charge is 0.0713 e. The highest BCUT2D eigenvalue weighted by atomic mass is 15.2. The topological polar surface area (TPSA) is 8.17 Å². The average molecular weight is 1010 g/mol. The predicted octanol–water partition coefficient (Wildman–Crippen LogP) is 20.8. The lowest BCUT2D eigenvalue weighted by Crippen LogP contribution is -2.28. The molecule has 0 unspecified atom stereocenters. The van der Waals surface area contributed by atoms with Gasteiger partial charge in [0.05, 0.1) is 33.5 Å². The monoisotopic (exact) mass is 1010 g/mol. The molecule has 0 aliphatic heterocycles. The first-order valence-electron chi connectivity index (χ1n) is 28.3. The first-order chi connectivity index (χ1) is 39.3. The maximum atomic E-state index is 2.61. The quantitative estimate of drug-likeness (QED) is 0.133. The lowest BCUT2D eigenvalue weighted by molar-refractivity contribution is 0.445. The van der Waals surface area contributed by atoms with Crippen LogP contribution in [-0.4, -0.2) is 4.57 Å². The summed E-state index contributed by atoms with van der Waals surface area (Å²) >= 11 is 0. The Balaban J connectivity index is 1.03. The summed E-state index contributed by atoms with van der Waals surface area (Å²) in [5.41, 5.74) is 22.5. The van der Waals surface area contributed by atoms with Crippen LogP contribution in [-0.2, 0) is 5.41 Å². The summed E-state index contributed by atoms with van der Waals surface area (Å²) < 4.78 is 2.47. The van der Waals surface area contributed by atoms with E-state index in [-0.39, 0.29) is 0 Å². The minimum Gasteiger partial charge on any atom is -0.309 e. The van der Waals surface area contributed by atoms with Crippen LogP contribution in [0.15, 0.2) is 285 Å². The van der Waals surface area contributed by atoms with Crippen molar-refractivity contribution >= 4 is 49.6 Å². The van der Waals surface area contributed by atoms with Crippen molar-refractivity contribution in [3.05, 3.63) is 313 Å². The standard InChI is InChI=1S/C77H58N2/c1-5-27-53(28-6-1)58-42-23-29-54-30-24-43-63(74(54)58)59-37-14-20-50-71(59)79(73-52-22-17-40-62(73)66-46-25-45-65-61-39-16-19-49-70(61)78(76(65)66)57-35-11-4-12-36-57)72-51-21-15-38-60(72)64-44-26-48-69-75(64)67-41-13-18-47-68(67)77(69,55-31-7-2-8-32-55)56-33-9-3-10-34-56/h2-4,7-26,29-53H,1,5-6,27-28H2. The summed E-state index contributed by atoms with van der Waals surface area (Å²) in [4.78, 5) is 2.61. The molecule has 13 aromatic rings. The van der Waals surface area contributed by atoms with Crippen LogP contribution in [0.5, 0.6) is 0 Å². The van der Waals surface area contributed by atoms with Crippen molar-refractivity contribution in [3.8, 4) is 50.2 Å². The van der Waals surface area contributed by atoms with Gasteiger partial charge >= 0.3 is 0 Å². The Labute approximate surface area is 463 Å². The van der Waals surface area contributed by atoms with Gasteiger partial charge in [0.25, 0.3) is 0 Å². The molecular formula is C77H58N2. The maximum Gasteiger partial charge on any atom is 0.0713 e. The molecule has 0 atom stereocenters. The molecule has 2 aliphatic rings. The first kappa shape index (κ1) is 46.8. The van der Waals surface area contributed by atoms with E-state index < -0.39 is 5.41 Å². The molecule has 0 radical (unpaired) electrons. The van der Waals surface area contributed by atoms with Gasteiger partial charge in [0.2, 0.25) is 0 Å². The zero-order valence-corrected chi connectivity index (χ0v) is 44.1. The van der Waals surface area contributed by atoms with Crippen LogP contribution < -0.4 is 4.90 Å². The second-order valence-corrected chi connectivity index (χ2v) is 21.6. The van der Waals surface area contributed by atoms with E-state index in [1.54, 1.807) is 0 Å². The third kappa shape index (κ3) is 7.46. The van der Waals surface area contributed by atoms with E-state index in [9.17, 15) is 0 Å². The van der Waals surface area contributed by atoms with Crippen LogP contribution in [0.4, 0.5) is 17.1 Å². The van der Waals surface area contributed by atoms with Crippen LogP contribution in [0, 0.1) is 0 Å². The van der Waals surface area contributed by atoms with Crippen molar-refractivity contribution in [1.82, 2.24) is 4.57 Å². The minimum absolute atomic E-state index is 0.530. The molecule has 0 N–H and O–H groups in total. The van der Waals surface area contributed by atoms with Crippen molar-refractivity contribution < 1.29 is 0 Å². The van der Waals surface area contributed by atoms with Crippen LogP contribution in [0.25, 0.3) is 82.8 Å².